The molecular weight excluding hydrogens is 352 g/mol. The van der Waals surface area contributed by atoms with Crippen molar-refractivity contribution in [2.45, 2.75) is 13.0 Å². The number of aliphatic hydroxyl groups is 1. The third-order valence-corrected chi connectivity index (χ3v) is 4.78. The molecule has 4 rings (SSSR count). The summed E-state index contributed by atoms with van der Waals surface area (Å²) < 4.78 is 0. The number of pyridine rings is 1. The normalized spacial score (nSPS) is 18.5. The summed E-state index contributed by atoms with van der Waals surface area (Å²) in [5.74, 6) is -1.26. The highest BCUT2D eigenvalue weighted by Crippen LogP contribution is 2.41. The lowest BCUT2D eigenvalue weighted by Crippen LogP contribution is -2.30. The van der Waals surface area contributed by atoms with Crippen LogP contribution in [0, 0.1) is 6.92 Å². The summed E-state index contributed by atoms with van der Waals surface area (Å²) in [5.41, 5.74) is 2.33. The van der Waals surface area contributed by atoms with Gasteiger partial charge in [0, 0.05) is 11.8 Å². The molecule has 2 aromatic carbocycles. The van der Waals surface area contributed by atoms with Crippen molar-refractivity contribution in [2.75, 3.05) is 4.90 Å². The number of hydrogen-bond donors (Lipinski definition) is 1. The van der Waals surface area contributed by atoms with Crippen LogP contribution in [0.4, 0.5) is 5.82 Å². The summed E-state index contributed by atoms with van der Waals surface area (Å²) in [7, 11) is 0. The van der Waals surface area contributed by atoms with E-state index in [1.54, 1.807) is 48.7 Å². The fraction of sp³-hybridized carbons (Fsp3) is 0.0870. The molecule has 3 aromatic rings. The fourth-order valence-corrected chi connectivity index (χ4v) is 3.38. The molecule has 1 N–H and O–H groups in total. The number of carbonyl (C=O) groups is 2. The molecule has 0 saturated carbocycles. The summed E-state index contributed by atoms with van der Waals surface area (Å²) in [6.45, 7) is 1.96. The number of anilines is 1. The van der Waals surface area contributed by atoms with Crippen LogP contribution in [0.2, 0.25) is 0 Å². The number of nitrogens with zero attached hydrogens (tertiary/aromatic N) is 2. The molecule has 0 radical (unpaired) electrons. The molecule has 5 heteroatoms. The first kappa shape index (κ1) is 17.7. The number of benzene rings is 2. The molecule has 28 heavy (non-hydrogen) atoms. The van der Waals surface area contributed by atoms with Crippen molar-refractivity contribution in [2.24, 2.45) is 0 Å². The maximum Gasteiger partial charge on any atom is 0.301 e. The Morgan fingerprint density at radius 1 is 0.929 bits per heavy atom. The molecule has 1 saturated heterocycles. The van der Waals surface area contributed by atoms with E-state index in [9.17, 15) is 14.7 Å². The van der Waals surface area contributed by atoms with E-state index in [-0.39, 0.29) is 11.3 Å². The molecule has 1 fully saturated rings. The van der Waals surface area contributed by atoms with Gasteiger partial charge in [-0.3, -0.25) is 14.5 Å². The van der Waals surface area contributed by atoms with Crippen molar-refractivity contribution < 1.29 is 14.7 Å². The second-order valence-corrected chi connectivity index (χ2v) is 6.63. The van der Waals surface area contributed by atoms with Crippen molar-refractivity contribution >= 4 is 23.3 Å². The van der Waals surface area contributed by atoms with Gasteiger partial charge in [0.25, 0.3) is 5.78 Å². The number of amides is 1. The van der Waals surface area contributed by atoms with Crippen LogP contribution >= 0.6 is 0 Å². The topological polar surface area (TPSA) is 70.5 Å². The summed E-state index contributed by atoms with van der Waals surface area (Å²) in [6, 6.07) is 20.7. The zero-order chi connectivity index (χ0) is 19.7. The van der Waals surface area contributed by atoms with E-state index < -0.39 is 17.7 Å². The molecular formula is C23H18N2O3. The third kappa shape index (κ3) is 2.97. The van der Waals surface area contributed by atoms with Crippen molar-refractivity contribution in [3.63, 3.8) is 0 Å². The van der Waals surface area contributed by atoms with Gasteiger partial charge in [-0.05, 0) is 24.6 Å². The molecule has 1 aliphatic rings. The Bertz CT molecular complexity index is 1060. The van der Waals surface area contributed by atoms with E-state index in [2.05, 4.69) is 4.98 Å². The number of ketones is 1. The highest BCUT2D eigenvalue weighted by atomic mass is 16.3. The van der Waals surface area contributed by atoms with Gasteiger partial charge in [0.2, 0.25) is 0 Å². The van der Waals surface area contributed by atoms with Gasteiger partial charge in [0.1, 0.15) is 11.6 Å². The van der Waals surface area contributed by atoms with E-state index in [1.165, 1.54) is 4.90 Å². The minimum atomic E-state index is -0.754. The number of Topliss-reactive ketones (excluding diaryl/α,β-unsaturated/α-hetero) is 1. The Morgan fingerprint density at radius 3 is 2.25 bits per heavy atom. The van der Waals surface area contributed by atoms with Crippen molar-refractivity contribution in [3.8, 4) is 0 Å². The molecule has 0 spiro atoms. The Labute approximate surface area is 162 Å². The number of rotatable bonds is 3. The SMILES string of the molecule is Cc1ccc([C@@H]2C(=C(O)c3ccccc3)C(=O)C(=O)N2c2ccccn2)cc1. The summed E-state index contributed by atoms with van der Waals surface area (Å²) in [4.78, 5) is 31.4. The maximum atomic E-state index is 12.9. The Kier molecular flexibility index (Phi) is 4.49. The van der Waals surface area contributed by atoms with Crippen LogP contribution < -0.4 is 4.90 Å². The largest absolute Gasteiger partial charge is 0.507 e. The van der Waals surface area contributed by atoms with Gasteiger partial charge in [-0.25, -0.2) is 4.98 Å². The molecule has 5 nitrogen and oxygen atoms in total. The molecule has 0 unspecified atom stereocenters. The van der Waals surface area contributed by atoms with Gasteiger partial charge < -0.3 is 5.11 Å². The molecule has 1 aromatic heterocycles. The molecule has 2 heterocycles. The second kappa shape index (κ2) is 7.12. The fourth-order valence-electron chi connectivity index (χ4n) is 3.38. The average Bonchev–Trinajstić information content (AvgIpc) is 3.00. The van der Waals surface area contributed by atoms with Crippen LogP contribution in [0.25, 0.3) is 5.76 Å². The van der Waals surface area contributed by atoms with Gasteiger partial charge in [-0.15, -0.1) is 0 Å². The van der Waals surface area contributed by atoms with Gasteiger partial charge in [-0.2, -0.15) is 0 Å². The maximum absolute atomic E-state index is 12.9. The van der Waals surface area contributed by atoms with Crippen molar-refractivity contribution in [3.05, 3.63) is 101 Å². The first-order valence-electron chi connectivity index (χ1n) is 8.92. The predicted octanol–water partition coefficient (Wildman–Crippen LogP) is 4.02. The van der Waals surface area contributed by atoms with Crippen LogP contribution in [0.15, 0.2) is 84.6 Å². The first-order valence-corrected chi connectivity index (χ1v) is 8.92. The molecule has 1 amide bonds. The summed E-state index contributed by atoms with van der Waals surface area (Å²) in [6.07, 6.45) is 1.57. The minimum Gasteiger partial charge on any atom is -0.507 e. The number of aliphatic hydroxyl groups excluding tert-OH is 1. The minimum absolute atomic E-state index is 0.0608. The molecule has 0 bridgehead atoms. The molecule has 1 atom stereocenters. The Balaban J connectivity index is 1.95. The highest BCUT2D eigenvalue weighted by Gasteiger charge is 2.47. The van der Waals surface area contributed by atoms with Crippen LogP contribution in [0.5, 0.6) is 0 Å². The quantitative estimate of drug-likeness (QED) is 0.429. The van der Waals surface area contributed by atoms with Gasteiger partial charge in [0.05, 0.1) is 11.6 Å². The first-order chi connectivity index (χ1) is 13.6. The second-order valence-electron chi connectivity index (χ2n) is 6.63. The van der Waals surface area contributed by atoms with Crippen LogP contribution in [-0.4, -0.2) is 21.8 Å². The van der Waals surface area contributed by atoms with E-state index in [4.69, 9.17) is 0 Å². The average molecular weight is 370 g/mol. The van der Waals surface area contributed by atoms with E-state index in [1.807, 2.05) is 37.3 Å². The van der Waals surface area contributed by atoms with Crippen molar-refractivity contribution in [1.82, 2.24) is 4.98 Å². The number of aryl methyl sites for hydroxylation is 1. The smallest absolute Gasteiger partial charge is 0.301 e. The monoisotopic (exact) mass is 370 g/mol. The van der Waals surface area contributed by atoms with Gasteiger partial charge >= 0.3 is 5.91 Å². The van der Waals surface area contributed by atoms with Gasteiger partial charge in [0.15, 0.2) is 0 Å². The van der Waals surface area contributed by atoms with Crippen molar-refractivity contribution in [1.29, 1.82) is 0 Å². The zero-order valence-electron chi connectivity index (χ0n) is 15.2. The Hall–Kier alpha value is -3.73. The number of aromatic nitrogens is 1. The lowest BCUT2D eigenvalue weighted by atomic mass is 9.95. The molecule has 1 aliphatic heterocycles. The third-order valence-electron chi connectivity index (χ3n) is 4.78. The van der Waals surface area contributed by atoms with E-state index in [0.717, 1.165) is 11.1 Å². The van der Waals surface area contributed by atoms with E-state index in [0.29, 0.717) is 11.4 Å². The van der Waals surface area contributed by atoms with Crippen LogP contribution in [0.1, 0.15) is 22.7 Å². The summed E-state index contributed by atoms with van der Waals surface area (Å²) in [5, 5.41) is 10.9. The molecule has 0 aliphatic carbocycles. The molecule has 138 valence electrons. The predicted molar refractivity (Wildman–Crippen MR) is 107 cm³/mol. The lowest BCUT2D eigenvalue weighted by molar-refractivity contribution is -0.132. The number of carbonyl (C=O) groups excluding carboxylic acids is 2. The Morgan fingerprint density at radius 2 is 1.61 bits per heavy atom. The lowest BCUT2D eigenvalue weighted by Gasteiger charge is -2.24. The van der Waals surface area contributed by atoms with Gasteiger partial charge in [-0.1, -0.05) is 66.2 Å². The summed E-state index contributed by atoms with van der Waals surface area (Å²) >= 11 is 0. The highest BCUT2D eigenvalue weighted by molar-refractivity contribution is 6.51. The van der Waals surface area contributed by atoms with E-state index >= 15 is 0 Å². The van der Waals surface area contributed by atoms with Crippen LogP contribution in [-0.2, 0) is 9.59 Å². The standard InChI is InChI=1S/C23H18N2O3/c1-15-10-12-16(13-11-15)20-19(21(26)17-7-3-2-4-8-17)22(27)23(28)25(20)18-9-5-6-14-24-18/h2-14,20,26H,1H3/t20-/m1/s1. The number of hydrogen-bond acceptors (Lipinski definition) is 4. The van der Waals surface area contributed by atoms with Crippen LogP contribution in [0.3, 0.4) is 0 Å². The zero-order valence-corrected chi connectivity index (χ0v) is 15.2.